The number of nitrogens with zero attached hydrogens (tertiary/aromatic N) is 3. The summed E-state index contributed by atoms with van der Waals surface area (Å²) in [5.74, 6) is 0.698. The SMILES string of the molecule is O=C(NCCc1ccccc1)c1ccc(N2CCCCC2)nn1. The Morgan fingerprint density at radius 1 is 1.00 bits per heavy atom. The summed E-state index contributed by atoms with van der Waals surface area (Å²) in [5, 5.41) is 11.2. The van der Waals surface area contributed by atoms with E-state index in [0.29, 0.717) is 12.2 Å². The average Bonchev–Trinajstić information content (AvgIpc) is 2.63. The molecule has 0 spiro atoms. The second-order valence-electron chi connectivity index (χ2n) is 5.82. The van der Waals surface area contributed by atoms with E-state index in [1.165, 1.54) is 24.8 Å². The largest absolute Gasteiger partial charge is 0.355 e. The molecule has 0 aliphatic carbocycles. The van der Waals surface area contributed by atoms with Crippen molar-refractivity contribution in [3.8, 4) is 0 Å². The Labute approximate surface area is 136 Å². The Hall–Kier alpha value is -2.43. The summed E-state index contributed by atoms with van der Waals surface area (Å²) in [6.07, 6.45) is 4.49. The van der Waals surface area contributed by atoms with Crippen LogP contribution in [0, 0.1) is 0 Å². The van der Waals surface area contributed by atoms with Crippen molar-refractivity contribution in [1.82, 2.24) is 15.5 Å². The van der Waals surface area contributed by atoms with Gasteiger partial charge in [-0.15, -0.1) is 10.2 Å². The lowest BCUT2D eigenvalue weighted by Gasteiger charge is -2.27. The number of carbonyl (C=O) groups excluding carboxylic acids is 1. The van der Waals surface area contributed by atoms with Crippen LogP contribution in [0.1, 0.15) is 35.3 Å². The van der Waals surface area contributed by atoms with Crippen molar-refractivity contribution < 1.29 is 4.79 Å². The van der Waals surface area contributed by atoms with Crippen LogP contribution in [-0.4, -0.2) is 35.7 Å². The van der Waals surface area contributed by atoms with Gasteiger partial charge in [0.1, 0.15) is 0 Å². The van der Waals surface area contributed by atoms with Gasteiger partial charge in [0.05, 0.1) is 0 Å². The molecule has 0 saturated carbocycles. The molecular formula is C18H22N4O. The highest BCUT2D eigenvalue weighted by Gasteiger charge is 2.14. The van der Waals surface area contributed by atoms with E-state index in [0.717, 1.165) is 25.3 Å². The quantitative estimate of drug-likeness (QED) is 0.921. The first-order valence-corrected chi connectivity index (χ1v) is 8.24. The number of carbonyl (C=O) groups is 1. The average molecular weight is 310 g/mol. The maximum atomic E-state index is 12.1. The maximum absolute atomic E-state index is 12.1. The second kappa shape index (κ2) is 7.72. The molecule has 0 radical (unpaired) electrons. The van der Waals surface area contributed by atoms with Crippen LogP contribution in [-0.2, 0) is 6.42 Å². The van der Waals surface area contributed by atoms with Gasteiger partial charge in [0.15, 0.2) is 11.5 Å². The van der Waals surface area contributed by atoms with Crippen LogP contribution < -0.4 is 10.2 Å². The maximum Gasteiger partial charge on any atom is 0.271 e. The first-order valence-electron chi connectivity index (χ1n) is 8.24. The lowest BCUT2D eigenvalue weighted by atomic mass is 10.1. The lowest BCUT2D eigenvalue weighted by molar-refractivity contribution is 0.0948. The Bertz CT molecular complexity index is 621. The third kappa shape index (κ3) is 4.28. The van der Waals surface area contributed by atoms with Crippen molar-refractivity contribution >= 4 is 11.7 Å². The topological polar surface area (TPSA) is 58.1 Å². The molecule has 5 heteroatoms. The molecule has 1 aromatic heterocycles. The first kappa shape index (κ1) is 15.5. The van der Waals surface area contributed by atoms with Gasteiger partial charge in [-0.3, -0.25) is 4.79 Å². The molecule has 5 nitrogen and oxygen atoms in total. The molecule has 23 heavy (non-hydrogen) atoms. The Morgan fingerprint density at radius 3 is 2.48 bits per heavy atom. The van der Waals surface area contributed by atoms with Crippen LogP contribution in [0.5, 0.6) is 0 Å². The zero-order chi connectivity index (χ0) is 15.9. The molecule has 0 unspecified atom stereocenters. The molecule has 2 heterocycles. The molecule has 0 atom stereocenters. The lowest BCUT2D eigenvalue weighted by Crippen LogP contribution is -2.31. The second-order valence-corrected chi connectivity index (χ2v) is 5.82. The first-order chi connectivity index (χ1) is 11.3. The van der Waals surface area contributed by atoms with Crippen molar-refractivity contribution in [3.05, 3.63) is 53.7 Å². The number of benzene rings is 1. The number of rotatable bonds is 5. The third-order valence-corrected chi connectivity index (χ3v) is 4.11. The smallest absolute Gasteiger partial charge is 0.271 e. The molecule has 1 N–H and O–H groups in total. The highest BCUT2D eigenvalue weighted by atomic mass is 16.1. The van der Waals surface area contributed by atoms with Crippen molar-refractivity contribution in [2.45, 2.75) is 25.7 Å². The molecule has 1 amide bonds. The molecule has 1 aromatic carbocycles. The summed E-state index contributed by atoms with van der Waals surface area (Å²) in [6, 6.07) is 13.8. The monoisotopic (exact) mass is 310 g/mol. The van der Waals surface area contributed by atoms with Gasteiger partial charge in [-0.25, -0.2) is 0 Å². The standard InChI is InChI=1S/C18H22N4O/c23-18(19-12-11-15-7-3-1-4-8-15)16-9-10-17(21-20-16)22-13-5-2-6-14-22/h1,3-4,7-10H,2,5-6,11-14H2,(H,19,23). The van der Waals surface area contributed by atoms with E-state index >= 15 is 0 Å². The molecule has 1 aliphatic rings. The molecule has 2 aromatic rings. The molecule has 1 saturated heterocycles. The fourth-order valence-electron chi connectivity index (χ4n) is 2.79. The minimum Gasteiger partial charge on any atom is -0.355 e. The molecular weight excluding hydrogens is 288 g/mol. The highest BCUT2D eigenvalue weighted by molar-refractivity contribution is 5.92. The van der Waals surface area contributed by atoms with Gasteiger partial charge in [-0.05, 0) is 43.4 Å². The number of piperidine rings is 1. The van der Waals surface area contributed by atoms with Gasteiger partial charge >= 0.3 is 0 Å². The van der Waals surface area contributed by atoms with Crippen molar-refractivity contribution in [2.24, 2.45) is 0 Å². The van der Waals surface area contributed by atoms with E-state index in [9.17, 15) is 4.79 Å². The number of hydrogen-bond acceptors (Lipinski definition) is 4. The van der Waals surface area contributed by atoms with Crippen LogP contribution in [0.4, 0.5) is 5.82 Å². The van der Waals surface area contributed by atoms with Gasteiger partial charge in [0.25, 0.3) is 5.91 Å². The van der Waals surface area contributed by atoms with E-state index in [-0.39, 0.29) is 5.91 Å². The predicted molar refractivity (Wildman–Crippen MR) is 90.6 cm³/mol. The summed E-state index contributed by atoms with van der Waals surface area (Å²) in [5.41, 5.74) is 1.58. The molecule has 1 fully saturated rings. The van der Waals surface area contributed by atoms with E-state index in [1.54, 1.807) is 6.07 Å². The van der Waals surface area contributed by atoms with Crippen LogP contribution >= 0.6 is 0 Å². The third-order valence-electron chi connectivity index (χ3n) is 4.11. The molecule has 0 bridgehead atoms. The zero-order valence-corrected chi connectivity index (χ0v) is 13.2. The fraction of sp³-hybridized carbons (Fsp3) is 0.389. The van der Waals surface area contributed by atoms with Crippen LogP contribution in [0.15, 0.2) is 42.5 Å². The minimum atomic E-state index is -0.168. The summed E-state index contributed by atoms with van der Waals surface area (Å²) in [6.45, 7) is 2.65. The van der Waals surface area contributed by atoms with Crippen molar-refractivity contribution in [1.29, 1.82) is 0 Å². The number of nitrogens with one attached hydrogen (secondary N) is 1. The van der Waals surface area contributed by atoms with Crippen LogP contribution in [0.25, 0.3) is 0 Å². The number of amides is 1. The van der Waals surface area contributed by atoms with Crippen LogP contribution in [0.2, 0.25) is 0 Å². The summed E-state index contributed by atoms with van der Waals surface area (Å²) in [4.78, 5) is 14.3. The number of anilines is 1. The Kier molecular flexibility index (Phi) is 5.19. The fourth-order valence-corrected chi connectivity index (χ4v) is 2.79. The van der Waals surface area contributed by atoms with Crippen molar-refractivity contribution in [3.63, 3.8) is 0 Å². The molecule has 3 rings (SSSR count). The van der Waals surface area contributed by atoms with Gasteiger partial charge in [0.2, 0.25) is 0 Å². The van der Waals surface area contributed by atoms with E-state index in [4.69, 9.17) is 0 Å². The Balaban J connectivity index is 1.51. The summed E-state index contributed by atoms with van der Waals surface area (Å²) >= 11 is 0. The highest BCUT2D eigenvalue weighted by Crippen LogP contribution is 2.16. The van der Waals surface area contributed by atoms with Gasteiger partial charge in [-0.2, -0.15) is 0 Å². The van der Waals surface area contributed by atoms with Crippen molar-refractivity contribution in [2.75, 3.05) is 24.5 Å². The number of hydrogen-bond donors (Lipinski definition) is 1. The number of aromatic nitrogens is 2. The van der Waals surface area contributed by atoms with Gasteiger partial charge < -0.3 is 10.2 Å². The van der Waals surface area contributed by atoms with Gasteiger partial charge in [0, 0.05) is 19.6 Å². The van der Waals surface area contributed by atoms with E-state index in [1.807, 2.05) is 24.3 Å². The normalized spacial score (nSPS) is 14.5. The Morgan fingerprint density at radius 2 is 1.78 bits per heavy atom. The van der Waals surface area contributed by atoms with Crippen LogP contribution in [0.3, 0.4) is 0 Å². The zero-order valence-electron chi connectivity index (χ0n) is 13.2. The summed E-state index contributed by atoms with van der Waals surface area (Å²) < 4.78 is 0. The van der Waals surface area contributed by atoms with Gasteiger partial charge in [-0.1, -0.05) is 30.3 Å². The predicted octanol–water partition coefficient (Wildman–Crippen LogP) is 2.44. The molecule has 1 aliphatic heterocycles. The van der Waals surface area contributed by atoms with E-state index in [2.05, 4.69) is 32.5 Å². The minimum absolute atomic E-state index is 0.168. The molecule has 120 valence electrons. The summed E-state index contributed by atoms with van der Waals surface area (Å²) in [7, 11) is 0. The van der Waals surface area contributed by atoms with E-state index < -0.39 is 0 Å².